The summed E-state index contributed by atoms with van der Waals surface area (Å²) in [6.45, 7) is 0.871. The lowest BCUT2D eigenvalue weighted by Gasteiger charge is -2.40. The molecule has 106 valence electrons. The van der Waals surface area contributed by atoms with Crippen molar-refractivity contribution in [2.45, 2.75) is 18.6 Å². The van der Waals surface area contributed by atoms with Crippen LogP contribution in [0.15, 0.2) is 42.0 Å². The van der Waals surface area contributed by atoms with E-state index in [4.69, 9.17) is 4.74 Å². The van der Waals surface area contributed by atoms with E-state index < -0.39 is 22.8 Å². The zero-order chi connectivity index (χ0) is 14.2. The average molecular weight is 275 g/mol. The van der Waals surface area contributed by atoms with Gasteiger partial charge < -0.3 is 19.7 Å². The van der Waals surface area contributed by atoms with Gasteiger partial charge in [-0.1, -0.05) is 18.2 Å². The van der Waals surface area contributed by atoms with Crippen molar-refractivity contribution in [2.75, 3.05) is 19.7 Å². The molecular weight excluding hydrogens is 258 g/mol. The summed E-state index contributed by atoms with van der Waals surface area (Å²) >= 11 is 0. The van der Waals surface area contributed by atoms with Gasteiger partial charge in [0.2, 0.25) is 0 Å². The Morgan fingerprint density at radius 2 is 2.15 bits per heavy atom. The van der Waals surface area contributed by atoms with Crippen LogP contribution in [-0.4, -0.2) is 47.6 Å². The highest BCUT2D eigenvalue weighted by Gasteiger charge is 2.47. The molecule has 2 aliphatic rings. The van der Waals surface area contributed by atoms with Gasteiger partial charge in [0, 0.05) is 12.0 Å². The Morgan fingerprint density at radius 3 is 2.90 bits per heavy atom. The molecule has 0 spiro atoms. The van der Waals surface area contributed by atoms with Gasteiger partial charge in [0.1, 0.15) is 18.8 Å². The number of hydroxylamine groups is 3. The van der Waals surface area contributed by atoms with E-state index in [2.05, 4.69) is 0 Å². The highest BCUT2D eigenvalue weighted by molar-refractivity contribution is 5.89. The topological polar surface area (TPSA) is 69.6 Å². The van der Waals surface area contributed by atoms with Gasteiger partial charge >= 0.3 is 5.97 Å². The normalized spacial score (nSPS) is 31.8. The van der Waals surface area contributed by atoms with Crippen molar-refractivity contribution >= 4 is 5.97 Å². The van der Waals surface area contributed by atoms with Gasteiger partial charge in [-0.15, -0.1) is 0 Å². The summed E-state index contributed by atoms with van der Waals surface area (Å²) in [6.07, 6.45) is 1.69. The minimum atomic E-state index is -0.628. The van der Waals surface area contributed by atoms with Crippen LogP contribution in [0.5, 0.6) is 0 Å². The summed E-state index contributed by atoms with van der Waals surface area (Å²) in [5.74, 6) is -0.408. The number of fused-ring (bicyclic) bond motifs is 1. The summed E-state index contributed by atoms with van der Waals surface area (Å²) in [7, 11) is 0. The first-order valence-corrected chi connectivity index (χ1v) is 6.77. The van der Waals surface area contributed by atoms with Gasteiger partial charge in [0.05, 0.1) is 18.7 Å². The first-order chi connectivity index (χ1) is 9.60. The summed E-state index contributed by atoms with van der Waals surface area (Å²) < 4.78 is 4.84. The molecule has 20 heavy (non-hydrogen) atoms. The minimum absolute atomic E-state index is 0.0810. The molecule has 5 nitrogen and oxygen atoms in total. The van der Waals surface area contributed by atoms with Crippen LogP contribution >= 0.6 is 0 Å². The van der Waals surface area contributed by atoms with Crippen molar-refractivity contribution < 1.29 is 19.3 Å². The predicted octanol–water partition coefficient (Wildman–Crippen LogP) is 1.23. The average Bonchev–Trinajstić information content (AvgIpc) is 2.95. The fraction of sp³-hybridized carbons (Fsp3) is 0.400. The Bertz CT molecular complexity index is 542. The Kier molecular flexibility index (Phi) is 3.33. The molecule has 0 saturated carbocycles. The van der Waals surface area contributed by atoms with E-state index in [1.165, 1.54) is 0 Å². The molecule has 0 radical (unpaired) electrons. The molecular formula is C15H17NO4. The molecule has 2 heterocycles. The van der Waals surface area contributed by atoms with Crippen molar-refractivity contribution in [1.29, 1.82) is 0 Å². The van der Waals surface area contributed by atoms with E-state index in [-0.39, 0.29) is 6.61 Å². The van der Waals surface area contributed by atoms with Gasteiger partial charge in [-0.05, 0) is 18.2 Å². The van der Waals surface area contributed by atoms with E-state index in [9.17, 15) is 15.1 Å². The summed E-state index contributed by atoms with van der Waals surface area (Å²) in [5, 5.41) is 22.3. The van der Waals surface area contributed by atoms with Crippen LogP contribution < -0.4 is 0 Å². The molecule has 0 aromatic heterocycles. The number of carbonyl (C=O) groups excluding carboxylic acids is 1. The third-order valence-electron chi connectivity index (χ3n) is 4.10. The second-order valence-electron chi connectivity index (χ2n) is 5.38. The smallest absolute Gasteiger partial charge is 0.338 e. The number of nitrogens with zero attached hydrogens (tertiary/aromatic N) is 1. The number of carbonyl (C=O) groups is 1. The van der Waals surface area contributed by atoms with Gasteiger partial charge in [-0.2, -0.15) is 0 Å². The highest BCUT2D eigenvalue weighted by atomic mass is 16.6. The maximum atomic E-state index is 12.4. The molecule has 1 fully saturated rings. The lowest BCUT2D eigenvalue weighted by Crippen LogP contribution is -2.46. The Hall–Kier alpha value is -1.69. The number of ether oxygens (including phenoxy) is 1. The second-order valence-corrected chi connectivity index (χ2v) is 5.38. The van der Waals surface area contributed by atoms with Crippen LogP contribution in [-0.2, 0) is 4.74 Å². The summed E-state index contributed by atoms with van der Waals surface area (Å²) in [5.41, 5.74) is 1.23. The predicted molar refractivity (Wildman–Crippen MR) is 72.6 cm³/mol. The molecule has 0 bridgehead atoms. The first-order valence-electron chi connectivity index (χ1n) is 6.77. The molecule has 3 atom stereocenters. The van der Waals surface area contributed by atoms with Crippen LogP contribution in [0, 0.1) is 5.21 Å². The lowest BCUT2D eigenvalue weighted by molar-refractivity contribution is -0.877. The second kappa shape index (κ2) is 5.01. The Morgan fingerprint density at radius 1 is 1.40 bits per heavy atom. The van der Waals surface area contributed by atoms with E-state index in [1.807, 2.05) is 6.07 Å². The molecule has 0 amide bonds. The number of rotatable bonds is 3. The molecule has 0 aliphatic carbocycles. The van der Waals surface area contributed by atoms with E-state index in [1.54, 1.807) is 30.3 Å². The Balaban J connectivity index is 1.64. The van der Waals surface area contributed by atoms with Crippen LogP contribution in [0.4, 0.5) is 0 Å². The monoisotopic (exact) mass is 275 g/mol. The number of benzene rings is 1. The van der Waals surface area contributed by atoms with Crippen molar-refractivity contribution in [2.24, 2.45) is 0 Å². The first kappa shape index (κ1) is 13.3. The molecule has 1 saturated heterocycles. The van der Waals surface area contributed by atoms with Crippen molar-refractivity contribution in [3.05, 3.63) is 52.8 Å². The van der Waals surface area contributed by atoms with Crippen LogP contribution in [0.3, 0.4) is 0 Å². The van der Waals surface area contributed by atoms with Crippen LogP contribution in [0.25, 0.3) is 0 Å². The number of aliphatic hydroxyl groups is 1. The van der Waals surface area contributed by atoms with Gasteiger partial charge in [0.25, 0.3) is 0 Å². The fourth-order valence-electron chi connectivity index (χ4n) is 3.06. The van der Waals surface area contributed by atoms with Crippen molar-refractivity contribution in [1.82, 2.24) is 0 Å². The van der Waals surface area contributed by atoms with E-state index >= 15 is 0 Å². The van der Waals surface area contributed by atoms with E-state index in [0.29, 0.717) is 25.1 Å². The van der Waals surface area contributed by atoms with Gasteiger partial charge in [0.15, 0.2) is 0 Å². The fourth-order valence-corrected chi connectivity index (χ4v) is 3.06. The molecule has 3 rings (SSSR count). The molecule has 1 N–H and O–H groups in total. The minimum Gasteiger partial charge on any atom is -0.632 e. The maximum Gasteiger partial charge on any atom is 0.338 e. The molecule has 2 aliphatic heterocycles. The number of hydrogen-bond acceptors (Lipinski definition) is 4. The van der Waals surface area contributed by atoms with Crippen molar-refractivity contribution in [3.8, 4) is 0 Å². The lowest BCUT2D eigenvalue weighted by atomic mass is 10.1. The molecule has 1 aromatic carbocycles. The third-order valence-corrected chi connectivity index (χ3v) is 4.10. The molecule has 2 unspecified atom stereocenters. The summed E-state index contributed by atoms with van der Waals surface area (Å²) in [6, 6.07) is 8.28. The van der Waals surface area contributed by atoms with E-state index in [0.717, 1.165) is 5.57 Å². The number of hydrogen-bond donors (Lipinski definition) is 1. The summed E-state index contributed by atoms with van der Waals surface area (Å²) in [4.78, 5) is 11.9. The third kappa shape index (κ3) is 2.24. The SMILES string of the molecule is O=C(OCC1=CC[N+]2([O-])CC[C@@H](O)C12)c1ccccc1. The number of esters is 1. The van der Waals surface area contributed by atoms with Crippen LogP contribution in [0.2, 0.25) is 0 Å². The standard InChI is InChI=1S/C15H17NO4/c17-13-7-9-16(19)8-6-12(14(13)16)10-20-15(18)11-4-2-1-3-5-11/h1-6,13-14,17H,7-10H2/t13-,14?,16?/m1/s1. The molecule has 5 heteroatoms. The quantitative estimate of drug-likeness (QED) is 0.390. The van der Waals surface area contributed by atoms with Gasteiger partial charge in [-0.3, -0.25) is 0 Å². The number of quaternary nitrogens is 1. The Labute approximate surface area is 117 Å². The zero-order valence-corrected chi connectivity index (χ0v) is 11.1. The highest BCUT2D eigenvalue weighted by Crippen LogP contribution is 2.36. The zero-order valence-electron chi connectivity index (χ0n) is 11.1. The van der Waals surface area contributed by atoms with Crippen molar-refractivity contribution in [3.63, 3.8) is 0 Å². The largest absolute Gasteiger partial charge is 0.632 e. The molecule has 1 aromatic rings. The van der Waals surface area contributed by atoms with Gasteiger partial charge in [-0.25, -0.2) is 4.79 Å². The number of aliphatic hydroxyl groups excluding tert-OH is 1. The maximum absolute atomic E-state index is 12.4. The van der Waals surface area contributed by atoms with Crippen LogP contribution in [0.1, 0.15) is 16.8 Å².